The zero-order chi connectivity index (χ0) is 18.1. The molecule has 2 heterocycles. The van der Waals surface area contributed by atoms with Crippen molar-refractivity contribution in [2.45, 2.75) is 38.3 Å². The molecule has 1 N–H and O–H groups in total. The van der Waals surface area contributed by atoms with Gasteiger partial charge in [-0.25, -0.2) is 4.79 Å². The Bertz CT molecular complexity index is 881. The van der Waals surface area contributed by atoms with E-state index in [1.54, 1.807) is 12.1 Å². The standard InChI is InChI=1S/C20H20ClN3O2/c21-17-8-4-1-5-15(17)13-24-19(25)18(22-20(24)26)11-14-9-10-23(12-14)16-6-2-3-7-16/h1,4-5,8-12,16H,2-3,6-7,13H2,(H,22,26)/b18-11+. The van der Waals surface area contributed by atoms with Gasteiger partial charge in [-0.3, -0.25) is 9.69 Å². The van der Waals surface area contributed by atoms with Crippen LogP contribution in [0.2, 0.25) is 5.02 Å². The monoisotopic (exact) mass is 369 g/mol. The van der Waals surface area contributed by atoms with Gasteiger partial charge in [0.25, 0.3) is 5.91 Å². The van der Waals surface area contributed by atoms with Crippen molar-refractivity contribution >= 4 is 29.6 Å². The lowest BCUT2D eigenvalue weighted by Gasteiger charge is -2.12. The van der Waals surface area contributed by atoms with Gasteiger partial charge in [-0.2, -0.15) is 0 Å². The first-order valence-electron chi connectivity index (χ1n) is 8.87. The third-order valence-electron chi connectivity index (χ3n) is 5.04. The maximum absolute atomic E-state index is 12.6. The number of carbonyl (C=O) groups excluding carboxylic acids is 2. The number of rotatable bonds is 4. The zero-order valence-electron chi connectivity index (χ0n) is 14.3. The number of hydrogen-bond donors (Lipinski definition) is 1. The number of imide groups is 1. The van der Waals surface area contributed by atoms with Crippen LogP contribution < -0.4 is 5.32 Å². The van der Waals surface area contributed by atoms with Crippen LogP contribution in [0.3, 0.4) is 0 Å². The van der Waals surface area contributed by atoms with Crippen molar-refractivity contribution in [1.82, 2.24) is 14.8 Å². The van der Waals surface area contributed by atoms with Crippen LogP contribution in [-0.4, -0.2) is 21.4 Å². The topological polar surface area (TPSA) is 54.3 Å². The van der Waals surface area contributed by atoms with E-state index in [0.29, 0.717) is 16.8 Å². The number of hydrogen-bond acceptors (Lipinski definition) is 2. The summed E-state index contributed by atoms with van der Waals surface area (Å²) in [5.74, 6) is -0.330. The fraction of sp³-hybridized carbons (Fsp3) is 0.300. The highest BCUT2D eigenvalue weighted by Gasteiger charge is 2.33. The molecule has 2 fully saturated rings. The first-order valence-corrected chi connectivity index (χ1v) is 9.25. The molecule has 26 heavy (non-hydrogen) atoms. The largest absolute Gasteiger partial charge is 0.351 e. The van der Waals surface area contributed by atoms with Crippen molar-refractivity contribution in [3.05, 3.63) is 64.6 Å². The molecule has 1 saturated heterocycles. The first-order chi connectivity index (χ1) is 12.6. The molecule has 3 amide bonds. The van der Waals surface area contributed by atoms with E-state index >= 15 is 0 Å². The number of aromatic nitrogens is 1. The predicted molar refractivity (Wildman–Crippen MR) is 100 cm³/mol. The van der Waals surface area contributed by atoms with Crippen LogP contribution in [-0.2, 0) is 11.3 Å². The van der Waals surface area contributed by atoms with Crippen LogP contribution in [0.25, 0.3) is 6.08 Å². The summed E-state index contributed by atoms with van der Waals surface area (Å²) >= 11 is 6.14. The Morgan fingerprint density at radius 2 is 1.92 bits per heavy atom. The van der Waals surface area contributed by atoms with Crippen molar-refractivity contribution in [1.29, 1.82) is 0 Å². The van der Waals surface area contributed by atoms with Crippen LogP contribution >= 0.6 is 11.6 Å². The Kier molecular flexibility index (Phi) is 4.55. The van der Waals surface area contributed by atoms with Gasteiger partial charge in [-0.15, -0.1) is 0 Å². The first kappa shape index (κ1) is 16.9. The van der Waals surface area contributed by atoms with Crippen molar-refractivity contribution in [3.63, 3.8) is 0 Å². The Hall–Kier alpha value is -2.53. The quantitative estimate of drug-likeness (QED) is 0.643. The molecule has 1 aliphatic heterocycles. The van der Waals surface area contributed by atoms with Gasteiger partial charge >= 0.3 is 6.03 Å². The van der Waals surface area contributed by atoms with E-state index in [2.05, 4.69) is 9.88 Å². The molecule has 134 valence electrons. The van der Waals surface area contributed by atoms with Gasteiger partial charge in [0.15, 0.2) is 0 Å². The number of carbonyl (C=O) groups is 2. The smallest absolute Gasteiger partial charge is 0.329 e. The minimum atomic E-state index is -0.420. The molecular weight excluding hydrogens is 350 g/mol. The summed E-state index contributed by atoms with van der Waals surface area (Å²) in [4.78, 5) is 26.0. The summed E-state index contributed by atoms with van der Waals surface area (Å²) in [6, 6.07) is 9.32. The van der Waals surface area contributed by atoms with Gasteiger partial charge in [0, 0.05) is 23.5 Å². The maximum atomic E-state index is 12.6. The third kappa shape index (κ3) is 3.27. The van der Waals surface area contributed by atoms with E-state index in [4.69, 9.17) is 11.6 Å². The van der Waals surface area contributed by atoms with Gasteiger partial charge < -0.3 is 9.88 Å². The molecule has 4 rings (SSSR count). The Morgan fingerprint density at radius 1 is 1.15 bits per heavy atom. The number of halogens is 1. The lowest BCUT2D eigenvalue weighted by Crippen LogP contribution is -2.30. The van der Waals surface area contributed by atoms with Crippen molar-refractivity contribution in [3.8, 4) is 0 Å². The lowest BCUT2D eigenvalue weighted by molar-refractivity contribution is -0.123. The van der Waals surface area contributed by atoms with Crippen LogP contribution in [0.1, 0.15) is 42.9 Å². The van der Waals surface area contributed by atoms with Crippen molar-refractivity contribution < 1.29 is 9.59 Å². The zero-order valence-corrected chi connectivity index (χ0v) is 15.1. The summed E-state index contributed by atoms with van der Waals surface area (Å²) in [5.41, 5.74) is 1.96. The summed E-state index contributed by atoms with van der Waals surface area (Å²) in [7, 11) is 0. The molecule has 0 bridgehead atoms. The molecule has 1 aromatic carbocycles. The summed E-state index contributed by atoms with van der Waals surface area (Å²) < 4.78 is 2.21. The fourth-order valence-electron chi connectivity index (χ4n) is 3.62. The molecule has 2 aromatic rings. The summed E-state index contributed by atoms with van der Waals surface area (Å²) in [6.07, 6.45) is 10.8. The normalized spacial score (nSPS) is 19.6. The second-order valence-corrected chi connectivity index (χ2v) is 7.21. The molecule has 6 heteroatoms. The SMILES string of the molecule is O=C1N/C(=C/c2ccn(C3CCCC3)c2)C(=O)N1Cc1ccccc1Cl. The molecule has 0 radical (unpaired) electrons. The minimum absolute atomic E-state index is 0.158. The van der Waals surface area contributed by atoms with Crippen molar-refractivity contribution in [2.24, 2.45) is 0 Å². The fourth-order valence-corrected chi connectivity index (χ4v) is 3.82. The minimum Gasteiger partial charge on any atom is -0.351 e. The molecule has 0 unspecified atom stereocenters. The number of amides is 3. The summed E-state index contributed by atoms with van der Waals surface area (Å²) in [6.45, 7) is 0.158. The molecule has 1 aromatic heterocycles. The Balaban J connectivity index is 1.51. The summed E-state index contributed by atoms with van der Waals surface area (Å²) in [5, 5.41) is 3.21. The van der Waals surface area contributed by atoms with E-state index in [1.807, 2.05) is 36.7 Å². The van der Waals surface area contributed by atoms with Crippen LogP contribution in [0.15, 0.2) is 48.4 Å². The lowest BCUT2D eigenvalue weighted by atomic mass is 10.2. The average molecular weight is 370 g/mol. The van der Waals surface area contributed by atoms with Gasteiger partial charge in [-0.1, -0.05) is 42.6 Å². The second-order valence-electron chi connectivity index (χ2n) is 6.80. The van der Waals surface area contributed by atoms with Crippen LogP contribution in [0.5, 0.6) is 0 Å². The van der Waals surface area contributed by atoms with E-state index in [1.165, 1.54) is 30.6 Å². The maximum Gasteiger partial charge on any atom is 0.329 e. The molecule has 1 saturated carbocycles. The van der Waals surface area contributed by atoms with Gasteiger partial charge in [0.2, 0.25) is 0 Å². The molecule has 0 spiro atoms. The Labute approximate surface area is 157 Å². The van der Waals surface area contributed by atoms with Gasteiger partial charge in [-0.05, 0) is 42.2 Å². The third-order valence-corrected chi connectivity index (χ3v) is 5.41. The van der Waals surface area contributed by atoms with E-state index in [9.17, 15) is 9.59 Å². The molecule has 0 atom stereocenters. The number of nitrogens with one attached hydrogen (secondary N) is 1. The predicted octanol–water partition coefficient (Wildman–Crippen LogP) is 4.35. The molecule has 1 aliphatic carbocycles. The van der Waals surface area contributed by atoms with E-state index in [-0.39, 0.29) is 12.5 Å². The number of urea groups is 1. The highest BCUT2D eigenvalue weighted by molar-refractivity contribution is 6.31. The average Bonchev–Trinajstić information content (AvgIpc) is 3.35. The second kappa shape index (κ2) is 7.00. The van der Waals surface area contributed by atoms with E-state index in [0.717, 1.165) is 11.1 Å². The highest BCUT2D eigenvalue weighted by Crippen LogP contribution is 2.30. The van der Waals surface area contributed by atoms with Gasteiger partial charge in [0.1, 0.15) is 5.70 Å². The van der Waals surface area contributed by atoms with E-state index < -0.39 is 6.03 Å². The van der Waals surface area contributed by atoms with Gasteiger partial charge in [0.05, 0.1) is 6.54 Å². The van der Waals surface area contributed by atoms with Crippen LogP contribution in [0, 0.1) is 0 Å². The number of nitrogens with zero attached hydrogens (tertiary/aromatic N) is 2. The molecule has 5 nitrogen and oxygen atoms in total. The highest BCUT2D eigenvalue weighted by atomic mass is 35.5. The van der Waals surface area contributed by atoms with Crippen LogP contribution in [0.4, 0.5) is 4.79 Å². The molecular formula is C20H20ClN3O2. The van der Waals surface area contributed by atoms with Crippen molar-refractivity contribution in [2.75, 3.05) is 0 Å². The number of benzene rings is 1. The Morgan fingerprint density at radius 3 is 2.69 bits per heavy atom. The molecule has 2 aliphatic rings.